The van der Waals surface area contributed by atoms with Crippen molar-refractivity contribution in [2.45, 2.75) is 44.2 Å². The highest BCUT2D eigenvalue weighted by Gasteiger charge is 2.28. The van der Waals surface area contributed by atoms with Crippen molar-refractivity contribution in [1.82, 2.24) is 20.6 Å². The summed E-state index contributed by atoms with van der Waals surface area (Å²) in [6.07, 6.45) is 4.14. The number of aromatic nitrogens is 2. The Balaban J connectivity index is 2.25. The fraction of sp³-hybridized carbons (Fsp3) is 0.500. The number of rotatable bonds is 12. The average Bonchev–Trinajstić information content (AvgIpc) is 3.17. The predicted molar refractivity (Wildman–Crippen MR) is 109 cm³/mol. The van der Waals surface area contributed by atoms with E-state index in [0.29, 0.717) is 11.4 Å². The quantitative estimate of drug-likeness (QED) is 0.285. The van der Waals surface area contributed by atoms with Crippen LogP contribution in [0.25, 0.3) is 0 Å². The fourth-order valence-corrected chi connectivity index (χ4v) is 3.45. The molecule has 154 valence electrons. The molecule has 0 aliphatic heterocycles. The van der Waals surface area contributed by atoms with Crippen molar-refractivity contribution in [3.05, 3.63) is 52.8 Å². The van der Waals surface area contributed by atoms with Crippen LogP contribution >= 0.6 is 11.6 Å². The van der Waals surface area contributed by atoms with Gasteiger partial charge in [-0.1, -0.05) is 23.7 Å². The van der Waals surface area contributed by atoms with Gasteiger partial charge < -0.3 is 10.1 Å². The maximum Gasteiger partial charge on any atom is 0.245 e. The number of carbonyl (C=O) groups excluding carboxylic acids is 1. The molecule has 3 N–H and O–H groups in total. The van der Waals surface area contributed by atoms with Gasteiger partial charge >= 0.3 is 0 Å². The number of hydrogen-bond donors (Lipinski definition) is 3. The van der Waals surface area contributed by atoms with Crippen LogP contribution in [0.5, 0.6) is 0 Å². The van der Waals surface area contributed by atoms with E-state index in [4.69, 9.17) is 21.5 Å². The normalized spacial score (nSPS) is 13.3. The summed E-state index contributed by atoms with van der Waals surface area (Å²) < 4.78 is 7.64. The van der Waals surface area contributed by atoms with Crippen LogP contribution in [0.15, 0.2) is 36.5 Å². The van der Waals surface area contributed by atoms with E-state index in [2.05, 4.69) is 10.4 Å². The van der Waals surface area contributed by atoms with Crippen LogP contribution in [-0.2, 0) is 22.5 Å². The molecule has 0 saturated carbocycles. The molecule has 2 atom stereocenters. The molecule has 0 aliphatic carbocycles. The summed E-state index contributed by atoms with van der Waals surface area (Å²) in [4.78, 5) is 11.8. The van der Waals surface area contributed by atoms with E-state index in [1.807, 2.05) is 42.1 Å². The molecule has 1 aromatic heterocycles. The van der Waals surface area contributed by atoms with Gasteiger partial charge in [-0.2, -0.15) is 5.10 Å². The van der Waals surface area contributed by atoms with Gasteiger partial charge in [-0.05, 0) is 56.6 Å². The summed E-state index contributed by atoms with van der Waals surface area (Å²) in [6.45, 7) is 1.76. The molecular weight excluding hydrogens is 380 g/mol. The Labute approximate surface area is 171 Å². The van der Waals surface area contributed by atoms with E-state index in [9.17, 15) is 4.79 Å². The number of carbonyl (C=O) groups is 1. The van der Waals surface area contributed by atoms with Crippen molar-refractivity contribution in [2.24, 2.45) is 0 Å². The first-order valence-corrected chi connectivity index (χ1v) is 9.83. The van der Waals surface area contributed by atoms with E-state index >= 15 is 0 Å². The van der Waals surface area contributed by atoms with Gasteiger partial charge in [-0.15, -0.1) is 0 Å². The first-order valence-electron chi connectivity index (χ1n) is 9.45. The molecule has 28 heavy (non-hydrogen) atoms. The number of amides is 1. The lowest BCUT2D eigenvalue weighted by molar-refractivity contribution is -0.132. The van der Waals surface area contributed by atoms with Gasteiger partial charge in [0.2, 0.25) is 5.91 Å². The van der Waals surface area contributed by atoms with Gasteiger partial charge in [-0.3, -0.25) is 14.7 Å². The maximum atomic E-state index is 11.8. The van der Waals surface area contributed by atoms with Crippen LogP contribution in [0.2, 0.25) is 5.02 Å². The summed E-state index contributed by atoms with van der Waals surface area (Å²) in [5, 5.41) is 17.2. The lowest BCUT2D eigenvalue weighted by atomic mass is 9.89. The predicted octanol–water partition coefficient (Wildman–Crippen LogP) is 2.77. The largest absolute Gasteiger partial charge is 0.380 e. The number of ether oxygens (including phenoxy) is 1. The fourth-order valence-electron chi connectivity index (χ4n) is 3.33. The van der Waals surface area contributed by atoms with Crippen molar-refractivity contribution in [2.75, 3.05) is 20.7 Å². The molecule has 1 heterocycles. The summed E-state index contributed by atoms with van der Waals surface area (Å²) in [6, 6.07) is 9.63. The monoisotopic (exact) mass is 408 g/mol. The molecule has 7 nitrogen and oxygen atoms in total. The van der Waals surface area contributed by atoms with Gasteiger partial charge in [-0.25, -0.2) is 5.48 Å². The van der Waals surface area contributed by atoms with E-state index in [1.54, 1.807) is 18.8 Å². The van der Waals surface area contributed by atoms with Crippen LogP contribution in [-0.4, -0.2) is 47.7 Å². The van der Waals surface area contributed by atoms with Crippen LogP contribution < -0.4 is 10.8 Å². The topological polar surface area (TPSA) is 88.4 Å². The Morgan fingerprint density at radius 2 is 2.04 bits per heavy atom. The minimum atomic E-state index is -0.479. The smallest absolute Gasteiger partial charge is 0.245 e. The third kappa shape index (κ3) is 6.60. The average molecular weight is 409 g/mol. The van der Waals surface area contributed by atoms with Crippen molar-refractivity contribution in [1.29, 1.82) is 0 Å². The molecule has 8 heteroatoms. The SMILES string of the molecule is CNCCCCn1nccc1C(Cc1ccc(Cl)cc1)C(CC(=O)NO)OC. The molecule has 2 rings (SSSR count). The highest BCUT2D eigenvalue weighted by molar-refractivity contribution is 6.30. The van der Waals surface area contributed by atoms with Crippen LogP contribution in [0.3, 0.4) is 0 Å². The lowest BCUT2D eigenvalue weighted by Crippen LogP contribution is -2.32. The molecular formula is C20H29ClN4O3. The first-order chi connectivity index (χ1) is 13.6. The van der Waals surface area contributed by atoms with Crippen molar-refractivity contribution >= 4 is 17.5 Å². The second-order valence-corrected chi connectivity index (χ2v) is 7.18. The van der Waals surface area contributed by atoms with Gasteiger partial charge in [0.15, 0.2) is 0 Å². The Bertz CT molecular complexity index is 720. The number of nitrogens with zero attached hydrogens (tertiary/aromatic N) is 2. The van der Waals surface area contributed by atoms with Gasteiger partial charge in [0.25, 0.3) is 0 Å². The Morgan fingerprint density at radius 3 is 2.68 bits per heavy atom. The third-order valence-electron chi connectivity index (χ3n) is 4.81. The lowest BCUT2D eigenvalue weighted by Gasteiger charge is -2.26. The zero-order valence-corrected chi connectivity index (χ0v) is 17.2. The molecule has 0 aliphatic rings. The van der Waals surface area contributed by atoms with Crippen molar-refractivity contribution in [3.8, 4) is 0 Å². The zero-order valence-electron chi connectivity index (χ0n) is 16.4. The summed E-state index contributed by atoms with van der Waals surface area (Å²) in [5.41, 5.74) is 3.80. The highest BCUT2D eigenvalue weighted by atomic mass is 35.5. The molecule has 0 radical (unpaired) electrons. The van der Waals surface area contributed by atoms with E-state index in [1.165, 1.54) is 0 Å². The van der Waals surface area contributed by atoms with E-state index in [-0.39, 0.29) is 12.3 Å². The minimum Gasteiger partial charge on any atom is -0.380 e. The minimum absolute atomic E-state index is 0.0518. The molecule has 0 spiro atoms. The highest BCUT2D eigenvalue weighted by Crippen LogP contribution is 2.29. The Morgan fingerprint density at radius 1 is 1.29 bits per heavy atom. The zero-order chi connectivity index (χ0) is 20.4. The summed E-state index contributed by atoms with van der Waals surface area (Å²) >= 11 is 6.01. The van der Waals surface area contributed by atoms with Gasteiger partial charge in [0.1, 0.15) is 0 Å². The summed E-state index contributed by atoms with van der Waals surface area (Å²) in [7, 11) is 3.52. The summed E-state index contributed by atoms with van der Waals surface area (Å²) in [5.74, 6) is -0.580. The standard InChI is InChI=1S/C20H29ClN4O3/c1-22-10-3-4-12-25-18(9-11-23-25)17(19(28-2)14-20(26)24-27)13-15-5-7-16(21)8-6-15/h5-9,11,17,19,22,27H,3-4,10,12-14H2,1-2H3,(H,24,26). The van der Waals surface area contributed by atoms with E-state index < -0.39 is 12.0 Å². The van der Waals surface area contributed by atoms with Gasteiger partial charge in [0, 0.05) is 36.5 Å². The Hall–Kier alpha value is -1.93. The second-order valence-electron chi connectivity index (χ2n) is 6.74. The van der Waals surface area contributed by atoms with Crippen molar-refractivity contribution in [3.63, 3.8) is 0 Å². The molecule has 1 amide bonds. The number of methoxy groups -OCH3 is 1. The number of benzene rings is 1. The maximum absolute atomic E-state index is 11.8. The third-order valence-corrected chi connectivity index (χ3v) is 5.06. The number of aryl methyl sites for hydroxylation is 1. The number of unbranched alkanes of at least 4 members (excludes halogenated alkanes) is 1. The molecule has 2 unspecified atom stereocenters. The van der Waals surface area contributed by atoms with Crippen LogP contribution in [0.4, 0.5) is 0 Å². The number of halogens is 1. The number of hydroxylamine groups is 1. The first kappa shape index (κ1) is 22.4. The van der Waals surface area contributed by atoms with E-state index in [0.717, 1.165) is 37.2 Å². The molecule has 1 aromatic carbocycles. The van der Waals surface area contributed by atoms with Crippen LogP contribution in [0, 0.1) is 0 Å². The molecule has 0 bridgehead atoms. The second kappa shape index (κ2) is 11.8. The van der Waals surface area contributed by atoms with Gasteiger partial charge in [0.05, 0.1) is 12.5 Å². The van der Waals surface area contributed by atoms with Crippen LogP contribution in [0.1, 0.15) is 36.4 Å². The van der Waals surface area contributed by atoms with Crippen molar-refractivity contribution < 1.29 is 14.7 Å². The molecule has 2 aromatic rings. The number of nitrogens with one attached hydrogen (secondary N) is 2. The number of hydrogen-bond acceptors (Lipinski definition) is 5. The molecule has 0 fully saturated rings. The molecule has 0 saturated heterocycles. The Kier molecular flexibility index (Phi) is 9.43.